The zero-order valence-corrected chi connectivity index (χ0v) is 16.2. The van der Waals surface area contributed by atoms with E-state index in [0.717, 1.165) is 62.8 Å². The zero-order chi connectivity index (χ0) is 19.2. The molecule has 8 heteroatoms. The molecule has 2 saturated heterocycles. The van der Waals surface area contributed by atoms with Gasteiger partial charge >= 0.3 is 6.03 Å². The molecule has 2 aliphatic heterocycles. The lowest BCUT2D eigenvalue weighted by molar-refractivity contribution is 0.164. The second-order valence-electron chi connectivity index (χ2n) is 7.05. The van der Waals surface area contributed by atoms with Gasteiger partial charge in [0.1, 0.15) is 0 Å². The molecule has 1 unspecified atom stereocenters. The molecule has 3 rings (SSSR count). The lowest BCUT2D eigenvalue weighted by Crippen LogP contribution is -2.47. The molecular formula is C19H27F2N3O2S. The summed E-state index contributed by atoms with van der Waals surface area (Å²) in [5.74, 6) is 0.00910. The van der Waals surface area contributed by atoms with Crippen LogP contribution in [0.25, 0.3) is 0 Å². The predicted octanol–water partition coefficient (Wildman–Crippen LogP) is 3.68. The van der Waals surface area contributed by atoms with Crippen LogP contribution in [0.1, 0.15) is 32.1 Å². The van der Waals surface area contributed by atoms with Crippen LogP contribution in [0.4, 0.5) is 25.0 Å². The van der Waals surface area contributed by atoms with Gasteiger partial charge in [-0.1, -0.05) is 0 Å². The summed E-state index contributed by atoms with van der Waals surface area (Å²) in [6.45, 7) is 1.60. The van der Waals surface area contributed by atoms with Gasteiger partial charge < -0.3 is 20.2 Å². The number of halogens is 2. The highest BCUT2D eigenvalue weighted by atomic mass is 32.2. The van der Waals surface area contributed by atoms with Crippen molar-refractivity contribution in [3.63, 3.8) is 0 Å². The number of nitrogens with one attached hydrogen (secondary N) is 1. The topological polar surface area (TPSA) is 55.8 Å². The number of rotatable bonds is 5. The molecule has 5 nitrogen and oxygen atoms in total. The third-order valence-corrected chi connectivity index (χ3v) is 6.35. The number of benzene rings is 1. The lowest BCUT2D eigenvalue weighted by Gasteiger charge is -2.35. The van der Waals surface area contributed by atoms with E-state index in [1.54, 1.807) is 16.7 Å². The maximum atomic E-state index is 13.9. The molecule has 1 atom stereocenters. The van der Waals surface area contributed by atoms with Crippen LogP contribution >= 0.6 is 11.8 Å². The minimum atomic E-state index is -0.979. The number of aliphatic hydroxyl groups excluding tert-OH is 1. The quantitative estimate of drug-likeness (QED) is 0.793. The molecule has 27 heavy (non-hydrogen) atoms. The van der Waals surface area contributed by atoms with Crippen LogP contribution in [0, 0.1) is 11.6 Å². The molecule has 2 fully saturated rings. The summed E-state index contributed by atoms with van der Waals surface area (Å²) < 4.78 is 27.7. The first-order valence-electron chi connectivity index (χ1n) is 9.60. The molecule has 1 aromatic carbocycles. The number of amides is 2. The molecule has 2 amide bonds. The molecule has 0 bridgehead atoms. The highest BCUT2D eigenvalue weighted by Crippen LogP contribution is 2.32. The average molecular weight is 400 g/mol. The number of hydrogen-bond donors (Lipinski definition) is 2. The Balaban J connectivity index is 1.81. The molecule has 0 aromatic heterocycles. The number of nitrogens with zero attached hydrogens (tertiary/aromatic N) is 2. The van der Waals surface area contributed by atoms with Gasteiger partial charge in [0.2, 0.25) is 0 Å². The molecule has 1 aromatic rings. The first kappa shape index (κ1) is 20.2. The SMILES string of the molecule is O=C(Nc1cc(F)c(F)cc1N1CCCCC1)N(CCO)C1CCCSC1. The molecule has 0 radical (unpaired) electrons. The van der Waals surface area contributed by atoms with Gasteiger partial charge in [-0.3, -0.25) is 0 Å². The van der Waals surface area contributed by atoms with Gasteiger partial charge in [0.25, 0.3) is 0 Å². The van der Waals surface area contributed by atoms with Gasteiger partial charge in [-0.15, -0.1) is 0 Å². The number of carbonyl (C=O) groups is 1. The Labute approximate surface area is 163 Å². The fourth-order valence-electron chi connectivity index (χ4n) is 3.75. The summed E-state index contributed by atoms with van der Waals surface area (Å²) in [5, 5.41) is 12.2. The smallest absolute Gasteiger partial charge is 0.322 e. The van der Waals surface area contributed by atoms with Gasteiger partial charge in [0, 0.05) is 43.6 Å². The van der Waals surface area contributed by atoms with Crippen molar-refractivity contribution in [1.82, 2.24) is 4.90 Å². The van der Waals surface area contributed by atoms with Crippen molar-refractivity contribution in [2.24, 2.45) is 0 Å². The largest absolute Gasteiger partial charge is 0.395 e. The van der Waals surface area contributed by atoms with E-state index in [9.17, 15) is 18.7 Å². The first-order valence-corrected chi connectivity index (χ1v) is 10.8. The Morgan fingerprint density at radius 3 is 2.63 bits per heavy atom. The maximum absolute atomic E-state index is 13.9. The lowest BCUT2D eigenvalue weighted by atomic mass is 10.1. The first-order chi connectivity index (χ1) is 13.1. The van der Waals surface area contributed by atoms with Crippen molar-refractivity contribution in [3.8, 4) is 0 Å². The molecule has 0 aliphatic carbocycles. The number of thioether (sulfide) groups is 1. The number of piperidine rings is 1. The number of carbonyl (C=O) groups excluding carboxylic acids is 1. The second-order valence-corrected chi connectivity index (χ2v) is 8.20. The highest BCUT2D eigenvalue weighted by Gasteiger charge is 2.27. The normalized spacial score (nSPS) is 20.4. The van der Waals surface area contributed by atoms with Gasteiger partial charge in [-0.05, 0) is 37.9 Å². The predicted molar refractivity (Wildman–Crippen MR) is 106 cm³/mol. The third kappa shape index (κ3) is 5.04. The summed E-state index contributed by atoms with van der Waals surface area (Å²) in [4.78, 5) is 16.5. The molecule has 2 heterocycles. The van der Waals surface area contributed by atoms with Crippen LogP contribution < -0.4 is 10.2 Å². The van der Waals surface area contributed by atoms with Crippen LogP contribution in [-0.4, -0.2) is 59.8 Å². The Kier molecular flexibility index (Phi) is 7.18. The van der Waals surface area contributed by atoms with Gasteiger partial charge in [0.05, 0.1) is 18.0 Å². The summed E-state index contributed by atoms with van der Waals surface area (Å²) in [6.07, 6.45) is 5.00. The van der Waals surface area contributed by atoms with E-state index in [-0.39, 0.29) is 30.9 Å². The van der Waals surface area contributed by atoms with E-state index in [1.807, 2.05) is 4.90 Å². The van der Waals surface area contributed by atoms with Crippen LogP contribution in [0.3, 0.4) is 0 Å². The standard InChI is InChI=1S/C19H27F2N3O2S/c20-15-11-17(18(12-16(15)21)23-6-2-1-3-7-23)22-19(26)24(8-9-25)14-5-4-10-27-13-14/h11-12,14,25H,1-10,13H2,(H,22,26). The Hall–Kier alpha value is -1.54. The van der Waals surface area contributed by atoms with Gasteiger partial charge in [0.15, 0.2) is 11.6 Å². The molecule has 0 saturated carbocycles. The fourth-order valence-corrected chi connectivity index (χ4v) is 4.90. The van der Waals surface area contributed by atoms with Crippen LogP contribution in [0.15, 0.2) is 12.1 Å². The molecule has 0 spiro atoms. The van der Waals surface area contributed by atoms with E-state index >= 15 is 0 Å². The van der Waals surface area contributed by atoms with Crippen molar-refractivity contribution < 1.29 is 18.7 Å². The van der Waals surface area contributed by atoms with Crippen molar-refractivity contribution in [2.45, 2.75) is 38.1 Å². The van der Waals surface area contributed by atoms with E-state index in [4.69, 9.17) is 0 Å². The fraction of sp³-hybridized carbons (Fsp3) is 0.632. The van der Waals surface area contributed by atoms with Crippen molar-refractivity contribution in [2.75, 3.05) is 48.0 Å². The summed E-state index contributed by atoms with van der Waals surface area (Å²) in [6, 6.07) is 1.90. The average Bonchev–Trinajstić information content (AvgIpc) is 2.70. The minimum absolute atomic E-state index is 0.0413. The number of anilines is 2. The summed E-state index contributed by atoms with van der Waals surface area (Å²) in [7, 11) is 0. The Morgan fingerprint density at radius 2 is 1.96 bits per heavy atom. The molecule has 2 aliphatic rings. The van der Waals surface area contributed by atoms with Crippen molar-refractivity contribution in [1.29, 1.82) is 0 Å². The molecule has 2 N–H and O–H groups in total. The maximum Gasteiger partial charge on any atom is 0.322 e. The van der Waals surface area contributed by atoms with E-state index in [0.29, 0.717) is 5.69 Å². The van der Waals surface area contributed by atoms with E-state index in [2.05, 4.69) is 5.32 Å². The van der Waals surface area contributed by atoms with E-state index < -0.39 is 11.6 Å². The van der Waals surface area contributed by atoms with Crippen molar-refractivity contribution >= 4 is 29.2 Å². The zero-order valence-electron chi connectivity index (χ0n) is 15.4. The highest BCUT2D eigenvalue weighted by molar-refractivity contribution is 7.99. The number of aliphatic hydroxyl groups is 1. The third-order valence-electron chi connectivity index (χ3n) is 5.16. The van der Waals surface area contributed by atoms with Gasteiger partial charge in [-0.2, -0.15) is 11.8 Å². The van der Waals surface area contributed by atoms with E-state index in [1.165, 1.54) is 6.07 Å². The second kappa shape index (κ2) is 9.59. The van der Waals surface area contributed by atoms with Crippen LogP contribution in [0.5, 0.6) is 0 Å². The number of hydrogen-bond acceptors (Lipinski definition) is 4. The summed E-state index contributed by atoms with van der Waals surface area (Å²) in [5.41, 5.74) is 0.802. The molecular weight excluding hydrogens is 372 g/mol. The monoisotopic (exact) mass is 399 g/mol. The van der Waals surface area contributed by atoms with Crippen molar-refractivity contribution in [3.05, 3.63) is 23.8 Å². The van der Waals surface area contributed by atoms with Gasteiger partial charge in [-0.25, -0.2) is 13.6 Å². The Morgan fingerprint density at radius 1 is 1.22 bits per heavy atom. The Bertz CT molecular complexity index is 650. The van der Waals surface area contributed by atoms with Crippen LogP contribution in [0.2, 0.25) is 0 Å². The molecule has 150 valence electrons. The minimum Gasteiger partial charge on any atom is -0.395 e. The van der Waals surface area contributed by atoms with Crippen LogP contribution in [-0.2, 0) is 0 Å². The number of urea groups is 1. The summed E-state index contributed by atoms with van der Waals surface area (Å²) >= 11 is 1.79.